The van der Waals surface area contributed by atoms with E-state index < -0.39 is 0 Å². The molecule has 0 N–H and O–H groups in total. The van der Waals surface area contributed by atoms with Crippen LogP contribution in [-0.4, -0.2) is 18.7 Å². The number of rotatable bonds is 5. The van der Waals surface area contributed by atoms with Crippen molar-refractivity contribution < 1.29 is 9.53 Å². The largest absolute Gasteiger partial charge is 0.465 e. The fourth-order valence-corrected chi connectivity index (χ4v) is 4.14. The standard InChI is InChI=1S/C19H35O2P/c1-14-4-6-15(7-5-14)16-8-10-17(11-9-16)18(20)21-12-19(2,3)13-22/h14-17H,4-13,22H2,1-3H3. The van der Waals surface area contributed by atoms with Crippen LogP contribution in [0.5, 0.6) is 0 Å². The lowest BCUT2D eigenvalue weighted by atomic mass is 9.69. The van der Waals surface area contributed by atoms with Crippen LogP contribution in [0, 0.1) is 29.1 Å². The predicted octanol–water partition coefficient (Wildman–Crippen LogP) is 5.06. The van der Waals surface area contributed by atoms with Gasteiger partial charge in [0, 0.05) is 5.41 Å². The van der Waals surface area contributed by atoms with E-state index in [1.54, 1.807) is 0 Å². The topological polar surface area (TPSA) is 26.3 Å². The molecule has 0 saturated heterocycles. The molecule has 2 rings (SSSR count). The number of ether oxygens (including phenoxy) is 1. The number of carbonyl (C=O) groups is 1. The molecule has 0 aliphatic heterocycles. The Hall–Kier alpha value is -0.100. The highest BCUT2D eigenvalue weighted by molar-refractivity contribution is 7.16. The van der Waals surface area contributed by atoms with Gasteiger partial charge in [-0.05, 0) is 62.4 Å². The summed E-state index contributed by atoms with van der Waals surface area (Å²) in [5, 5.41) is 0. The van der Waals surface area contributed by atoms with E-state index in [2.05, 4.69) is 30.0 Å². The Morgan fingerprint density at radius 3 is 2.00 bits per heavy atom. The van der Waals surface area contributed by atoms with Crippen LogP contribution in [-0.2, 0) is 9.53 Å². The van der Waals surface area contributed by atoms with Gasteiger partial charge in [-0.1, -0.05) is 33.6 Å². The molecule has 2 aliphatic carbocycles. The molecule has 3 heteroatoms. The van der Waals surface area contributed by atoms with Crippen LogP contribution in [0.4, 0.5) is 0 Å². The van der Waals surface area contributed by atoms with Gasteiger partial charge in [-0.2, -0.15) is 0 Å². The molecular formula is C19H35O2P. The van der Waals surface area contributed by atoms with Crippen molar-refractivity contribution in [1.82, 2.24) is 0 Å². The first-order valence-corrected chi connectivity index (χ1v) is 10.1. The summed E-state index contributed by atoms with van der Waals surface area (Å²) in [4.78, 5) is 12.3. The van der Waals surface area contributed by atoms with Crippen molar-refractivity contribution in [2.24, 2.45) is 29.1 Å². The SMILES string of the molecule is CC1CCC(C2CCC(C(=O)OCC(C)(C)CP)CC2)CC1. The molecule has 0 aromatic rings. The quantitative estimate of drug-likeness (QED) is 0.521. The fourth-order valence-electron chi connectivity index (χ4n) is 4.03. The Morgan fingerprint density at radius 2 is 1.50 bits per heavy atom. The first kappa shape index (κ1) is 18.2. The first-order valence-electron chi connectivity index (χ1n) is 9.28. The highest BCUT2D eigenvalue weighted by Crippen LogP contribution is 2.41. The molecule has 0 amide bonds. The van der Waals surface area contributed by atoms with E-state index in [-0.39, 0.29) is 17.3 Å². The zero-order valence-corrected chi connectivity index (χ0v) is 15.9. The van der Waals surface area contributed by atoms with E-state index in [9.17, 15) is 4.79 Å². The van der Waals surface area contributed by atoms with Crippen LogP contribution in [0.2, 0.25) is 0 Å². The second-order valence-corrected chi connectivity index (χ2v) is 9.02. The van der Waals surface area contributed by atoms with Crippen molar-refractivity contribution in [3.63, 3.8) is 0 Å². The molecule has 2 fully saturated rings. The summed E-state index contributed by atoms with van der Waals surface area (Å²) in [6.45, 7) is 7.23. The lowest BCUT2D eigenvalue weighted by molar-refractivity contribution is -0.152. The van der Waals surface area contributed by atoms with Gasteiger partial charge in [0.25, 0.3) is 0 Å². The van der Waals surface area contributed by atoms with E-state index in [1.807, 2.05) is 0 Å². The lowest BCUT2D eigenvalue weighted by Gasteiger charge is -2.36. The van der Waals surface area contributed by atoms with Gasteiger partial charge >= 0.3 is 5.97 Å². The zero-order chi connectivity index (χ0) is 16.2. The van der Waals surface area contributed by atoms with Crippen LogP contribution < -0.4 is 0 Å². The Morgan fingerprint density at radius 1 is 1.00 bits per heavy atom. The summed E-state index contributed by atoms with van der Waals surface area (Å²) in [7, 11) is 2.75. The number of esters is 1. The average Bonchev–Trinajstić information content (AvgIpc) is 2.54. The third-order valence-corrected chi connectivity index (χ3v) is 7.10. The zero-order valence-electron chi connectivity index (χ0n) is 14.8. The summed E-state index contributed by atoms with van der Waals surface area (Å²) in [6.07, 6.45) is 11.2. The molecule has 1 atom stereocenters. The van der Waals surface area contributed by atoms with Crippen LogP contribution in [0.15, 0.2) is 0 Å². The molecular weight excluding hydrogens is 291 g/mol. The number of hydrogen-bond donors (Lipinski definition) is 0. The van der Waals surface area contributed by atoms with Crippen LogP contribution >= 0.6 is 9.24 Å². The first-order chi connectivity index (χ1) is 10.4. The van der Waals surface area contributed by atoms with Crippen molar-refractivity contribution in [1.29, 1.82) is 0 Å². The van der Waals surface area contributed by atoms with Gasteiger partial charge in [-0.3, -0.25) is 4.79 Å². The highest BCUT2D eigenvalue weighted by atomic mass is 31.0. The second kappa shape index (κ2) is 8.13. The molecule has 0 aromatic heterocycles. The Balaban J connectivity index is 1.71. The molecule has 1 unspecified atom stereocenters. The van der Waals surface area contributed by atoms with Gasteiger partial charge < -0.3 is 4.74 Å². The summed E-state index contributed by atoms with van der Waals surface area (Å²) in [5.41, 5.74) is 0.0797. The minimum absolute atomic E-state index is 0.0576. The maximum atomic E-state index is 12.3. The maximum absolute atomic E-state index is 12.3. The van der Waals surface area contributed by atoms with Crippen LogP contribution in [0.1, 0.15) is 72.1 Å². The number of carbonyl (C=O) groups excluding carboxylic acids is 1. The third-order valence-electron chi connectivity index (χ3n) is 5.99. The van der Waals surface area contributed by atoms with Crippen molar-refractivity contribution in [2.75, 3.05) is 12.8 Å². The predicted molar refractivity (Wildman–Crippen MR) is 95.9 cm³/mol. The molecule has 0 radical (unpaired) electrons. The summed E-state index contributed by atoms with van der Waals surface area (Å²) in [6, 6.07) is 0. The minimum Gasteiger partial charge on any atom is -0.465 e. The van der Waals surface area contributed by atoms with Crippen molar-refractivity contribution in [3.8, 4) is 0 Å². The van der Waals surface area contributed by atoms with Gasteiger partial charge in [0.2, 0.25) is 0 Å². The summed E-state index contributed by atoms with van der Waals surface area (Å²) in [5.74, 6) is 2.97. The van der Waals surface area contributed by atoms with E-state index >= 15 is 0 Å². The lowest BCUT2D eigenvalue weighted by Crippen LogP contribution is -2.31. The Bertz CT molecular complexity index is 350. The second-order valence-electron chi connectivity index (χ2n) is 8.61. The van der Waals surface area contributed by atoms with E-state index in [0.717, 1.165) is 36.8 Å². The monoisotopic (exact) mass is 326 g/mol. The van der Waals surface area contributed by atoms with Gasteiger partial charge in [0.05, 0.1) is 12.5 Å². The molecule has 0 spiro atoms. The molecule has 128 valence electrons. The van der Waals surface area contributed by atoms with Crippen molar-refractivity contribution in [3.05, 3.63) is 0 Å². The molecule has 0 bridgehead atoms. The average molecular weight is 326 g/mol. The van der Waals surface area contributed by atoms with Crippen LogP contribution in [0.25, 0.3) is 0 Å². The third kappa shape index (κ3) is 5.22. The molecule has 0 heterocycles. The molecule has 2 aliphatic rings. The minimum atomic E-state index is 0.0576. The van der Waals surface area contributed by atoms with Gasteiger partial charge in [0.1, 0.15) is 0 Å². The van der Waals surface area contributed by atoms with E-state index in [0.29, 0.717) is 6.61 Å². The molecule has 2 saturated carbocycles. The smallest absolute Gasteiger partial charge is 0.308 e. The van der Waals surface area contributed by atoms with Gasteiger partial charge in [-0.25, -0.2) is 0 Å². The molecule has 2 nitrogen and oxygen atoms in total. The molecule has 22 heavy (non-hydrogen) atoms. The Kier molecular flexibility index (Phi) is 6.74. The maximum Gasteiger partial charge on any atom is 0.308 e. The van der Waals surface area contributed by atoms with Gasteiger partial charge in [0.15, 0.2) is 0 Å². The van der Waals surface area contributed by atoms with Crippen LogP contribution in [0.3, 0.4) is 0 Å². The van der Waals surface area contributed by atoms with E-state index in [1.165, 1.54) is 38.5 Å². The molecule has 0 aromatic carbocycles. The highest BCUT2D eigenvalue weighted by Gasteiger charge is 2.33. The Labute approximate surface area is 139 Å². The summed E-state index contributed by atoms with van der Waals surface area (Å²) < 4.78 is 5.58. The number of hydrogen-bond acceptors (Lipinski definition) is 2. The van der Waals surface area contributed by atoms with Crippen molar-refractivity contribution >= 4 is 15.2 Å². The van der Waals surface area contributed by atoms with Crippen molar-refractivity contribution in [2.45, 2.75) is 72.1 Å². The fraction of sp³-hybridized carbons (Fsp3) is 0.947. The van der Waals surface area contributed by atoms with E-state index in [4.69, 9.17) is 4.74 Å². The summed E-state index contributed by atoms with van der Waals surface area (Å²) >= 11 is 0. The van der Waals surface area contributed by atoms with Gasteiger partial charge in [-0.15, -0.1) is 9.24 Å². The normalized spacial score (nSPS) is 33.5.